The quantitative estimate of drug-likeness (QED) is 0.780. The Morgan fingerprint density at radius 3 is 2.47 bits per heavy atom. The van der Waals surface area contributed by atoms with E-state index in [9.17, 15) is 0 Å². The van der Waals surface area contributed by atoms with E-state index in [0.717, 1.165) is 16.7 Å². The monoisotopic (exact) mass is 338 g/mol. The van der Waals surface area contributed by atoms with Crippen molar-refractivity contribution in [3.8, 4) is 0 Å². The lowest BCUT2D eigenvalue weighted by atomic mass is 9.96. The average molecular weight is 340 g/mol. The van der Waals surface area contributed by atoms with Crippen LogP contribution in [0.2, 0.25) is 10.0 Å². The molecular formula is C12H17BrCl2N2. The highest BCUT2D eigenvalue weighted by Gasteiger charge is 2.13. The first-order valence-corrected chi connectivity index (χ1v) is 7.09. The summed E-state index contributed by atoms with van der Waals surface area (Å²) in [5.41, 5.74) is 6.57. The number of rotatable bonds is 5. The Hall–Kier alpha value is 0.0400. The maximum Gasteiger partial charge on any atom is 0.0835 e. The molecule has 1 rings (SSSR count). The van der Waals surface area contributed by atoms with Crippen LogP contribution in [0.5, 0.6) is 0 Å². The summed E-state index contributed by atoms with van der Waals surface area (Å²) >= 11 is 15.5. The molecule has 0 aliphatic rings. The molecule has 0 aromatic heterocycles. The molecule has 17 heavy (non-hydrogen) atoms. The van der Waals surface area contributed by atoms with Crippen LogP contribution < -0.4 is 11.1 Å². The van der Waals surface area contributed by atoms with Gasteiger partial charge in [-0.05, 0) is 46.4 Å². The minimum absolute atomic E-state index is 0.425. The van der Waals surface area contributed by atoms with E-state index in [-0.39, 0.29) is 0 Å². The molecule has 1 unspecified atom stereocenters. The van der Waals surface area contributed by atoms with Crippen LogP contribution in [0.15, 0.2) is 16.6 Å². The molecule has 5 heteroatoms. The number of benzene rings is 1. The van der Waals surface area contributed by atoms with Crippen LogP contribution in [0.3, 0.4) is 0 Å². The van der Waals surface area contributed by atoms with E-state index < -0.39 is 0 Å². The molecule has 0 bridgehead atoms. The summed E-state index contributed by atoms with van der Waals surface area (Å²) < 4.78 is 0.800. The molecule has 3 N–H and O–H groups in total. The van der Waals surface area contributed by atoms with Crippen LogP contribution in [0.4, 0.5) is 5.69 Å². The van der Waals surface area contributed by atoms with Crippen molar-refractivity contribution >= 4 is 44.8 Å². The lowest BCUT2D eigenvalue weighted by Gasteiger charge is -2.20. The number of nitrogens with one attached hydrogen (secondary N) is 1. The highest BCUT2D eigenvalue weighted by Crippen LogP contribution is 2.35. The van der Waals surface area contributed by atoms with Gasteiger partial charge < -0.3 is 11.1 Å². The van der Waals surface area contributed by atoms with Gasteiger partial charge >= 0.3 is 0 Å². The fraction of sp³-hybridized carbons (Fsp3) is 0.500. The van der Waals surface area contributed by atoms with Crippen LogP contribution in [0.25, 0.3) is 0 Å². The number of anilines is 1. The third-order valence-corrected chi connectivity index (χ3v) is 4.61. The van der Waals surface area contributed by atoms with Crippen LogP contribution in [-0.2, 0) is 0 Å². The molecule has 0 amide bonds. The van der Waals surface area contributed by atoms with Crippen LogP contribution in [-0.4, -0.2) is 13.1 Å². The predicted molar refractivity (Wildman–Crippen MR) is 80.0 cm³/mol. The van der Waals surface area contributed by atoms with Gasteiger partial charge in [-0.3, -0.25) is 0 Å². The zero-order valence-corrected chi connectivity index (χ0v) is 13.0. The van der Waals surface area contributed by atoms with Crippen molar-refractivity contribution in [2.24, 2.45) is 17.6 Å². The van der Waals surface area contributed by atoms with Gasteiger partial charge in [0.1, 0.15) is 0 Å². The van der Waals surface area contributed by atoms with E-state index >= 15 is 0 Å². The van der Waals surface area contributed by atoms with Crippen molar-refractivity contribution in [1.29, 1.82) is 0 Å². The molecule has 1 aromatic rings. The van der Waals surface area contributed by atoms with Gasteiger partial charge in [0.2, 0.25) is 0 Å². The second kappa shape index (κ2) is 6.83. The van der Waals surface area contributed by atoms with E-state index in [1.807, 2.05) is 12.1 Å². The highest BCUT2D eigenvalue weighted by atomic mass is 79.9. The molecule has 0 radical (unpaired) electrons. The molecule has 0 aliphatic carbocycles. The highest BCUT2D eigenvalue weighted by molar-refractivity contribution is 9.10. The average Bonchev–Trinajstić information content (AvgIpc) is 2.29. The summed E-state index contributed by atoms with van der Waals surface area (Å²) in [6.07, 6.45) is 0. The first-order chi connectivity index (χ1) is 7.97. The minimum Gasteiger partial charge on any atom is -0.383 e. The second-order valence-corrected chi connectivity index (χ2v) is 5.95. The lowest BCUT2D eigenvalue weighted by Crippen LogP contribution is -2.27. The predicted octanol–water partition coefficient (Wildman–Crippen LogP) is 4.40. The van der Waals surface area contributed by atoms with E-state index in [4.69, 9.17) is 28.9 Å². The van der Waals surface area contributed by atoms with Crippen LogP contribution in [0, 0.1) is 11.8 Å². The normalized spacial score (nSPS) is 12.9. The molecule has 96 valence electrons. The largest absolute Gasteiger partial charge is 0.383 e. The van der Waals surface area contributed by atoms with Gasteiger partial charge in [0.25, 0.3) is 0 Å². The first-order valence-electron chi connectivity index (χ1n) is 5.54. The van der Waals surface area contributed by atoms with Crippen molar-refractivity contribution in [2.75, 3.05) is 18.4 Å². The SMILES string of the molecule is CC(C)C(CN)CNc1ccc(Br)c(Cl)c1Cl. The van der Waals surface area contributed by atoms with Crippen LogP contribution >= 0.6 is 39.1 Å². The van der Waals surface area contributed by atoms with Crippen molar-refractivity contribution in [3.05, 3.63) is 26.7 Å². The molecule has 2 nitrogen and oxygen atoms in total. The topological polar surface area (TPSA) is 38.0 Å². The van der Waals surface area contributed by atoms with Gasteiger partial charge in [-0.15, -0.1) is 0 Å². The third kappa shape index (κ3) is 4.02. The van der Waals surface area contributed by atoms with E-state index in [1.165, 1.54) is 0 Å². The molecule has 0 fully saturated rings. The van der Waals surface area contributed by atoms with Crippen molar-refractivity contribution in [2.45, 2.75) is 13.8 Å². The van der Waals surface area contributed by atoms with Gasteiger partial charge in [0.15, 0.2) is 0 Å². The fourth-order valence-corrected chi connectivity index (χ4v) is 2.34. The first kappa shape index (κ1) is 15.1. The summed E-state index contributed by atoms with van der Waals surface area (Å²) in [7, 11) is 0. The summed E-state index contributed by atoms with van der Waals surface area (Å²) in [4.78, 5) is 0. The Morgan fingerprint density at radius 1 is 1.29 bits per heavy atom. The summed E-state index contributed by atoms with van der Waals surface area (Å²) in [6.45, 7) is 5.78. The standard InChI is InChI=1S/C12H17BrCl2N2/c1-7(2)8(5-16)6-17-10-4-3-9(13)11(14)12(10)15/h3-4,7-8,17H,5-6,16H2,1-2H3. The maximum absolute atomic E-state index is 6.15. The fourth-order valence-electron chi connectivity index (χ4n) is 1.49. The second-order valence-electron chi connectivity index (χ2n) is 4.34. The summed E-state index contributed by atoms with van der Waals surface area (Å²) in [6, 6.07) is 3.79. The van der Waals surface area contributed by atoms with E-state index in [2.05, 4.69) is 35.1 Å². The number of hydrogen-bond donors (Lipinski definition) is 2. The lowest BCUT2D eigenvalue weighted by molar-refractivity contribution is 0.413. The van der Waals surface area contributed by atoms with Gasteiger partial charge in [0.05, 0.1) is 15.7 Å². The minimum atomic E-state index is 0.425. The molecule has 1 atom stereocenters. The molecule has 0 saturated heterocycles. The molecule has 0 heterocycles. The number of hydrogen-bond acceptors (Lipinski definition) is 2. The molecule has 0 spiro atoms. The molecule has 0 aliphatic heterocycles. The van der Waals surface area contributed by atoms with Gasteiger partial charge in [0, 0.05) is 11.0 Å². The molecular weight excluding hydrogens is 323 g/mol. The Bertz CT molecular complexity index is 383. The summed E-state index contributed by atoms with van der Waals surface area (Å²) in [5, 5.41) is 4.37. The van der Waals surface area contributed by atoms with Crippen molar-refractivity contribution in [3.63, 3.8) is 0 Å². The zero-order chi connectivity index (χ0) is 13.0. The Balaban J connectivity index is 2.73. The third-order valence-electron chi connectivity index (χ3n) is 2.84. The smallest absolute Gasteiger partial charge is 0.0835 e. The van der Waals surface area contributed by atoms with E-state index in [1.54, 1.807) is 0 Å². The van der Waals surface area contributed by atoms with Crippen LogP contribution in [0.1, 0.15) is 13.8 Å². The Morgan fingerprint density at radius 2 is 1.94 bits per heavy atom. The van der Waals surface area contributed by atoms with Gasteiger partial charge in [-0.2, -0.15) is 0 Å². The zero-order valence-electron chi connectivity index (χ0n) is 9.93. The van der Waals surface area contributed by atoms with Gasteiger partial charge in [-0.25, -0.2) is 0 Å². The molecule has 1 aromatic carbocycles. The molecule has 0 saturated carbocycles. The number of halogens is 3. The Labute approximate surface area is 121 Å². The van der Waals surface area contributed by atoms with E-state index in [0.29, 0.717) is 28.4 Å². The van der Waals surface area contributed by atoms with Crippen molar-refractivity contribution < 1.29 is 0 Å². The maximum atomic E-state index is 6.15. The Kier molecular flexibility index (Phi) is 6.07. The number of nitrogens with two attached hydrogens (primary N) is 1. The van der Waals surface area contributed by atoms with Gasteiger partial charge in [-0.1, -0.05) is 37.0 Å². The van der Waals surface area contributed by atoms with Crippen molar-refractivity contribution in [1.82, 2.24) is 0 Å². The summed E-state index contributed by atoms with van der Waals surface area (Å²) in [5.74, 6) is 0.964.